The third-order valence-electron chi connectivity index (χ3n) is 5.91. The van der Waals surface area contributed by atoms with Crippen LogP contribution in [0.1, 0.15) is 29.8 Å². The first-order chi connectivity index (χ1) is 13.6. The molecule has 0 amide bonds. The average Bonchev–Trinajstić information content (AvgIpc) is 2.88. The minimum Gasteiger partial charge on any atom is -0.482 e. The number of aliphatic carboxylic acids is 1. The fraction of sp³-hybridized carbons (Fsp3) is 0.524. The van der Waals surface area contributed by atoms with Crippen LogP contribution in [0.25, 0.3) is 0 Å². The zero-order valence-corrected chi connectivity index (χ0v) is 16.3. The number of nitrogens with zero attached hydrogens (tertiary/aromatic N) is 3. The fourth-order valence-corrected chi connectivity index (χ4v) is 4.49. The van der Waals surface area contributed by atoms with Crippen molar-refractivity contribution >= 4 is 5.97 Å². The van der Waals surface area contributed by atoms with E-state index in [1.807, 2.05) is 24.3 Å². The van der Waals surface area contributed by atoms with Crippen LogP contribution >= 0.6 is 0 Å². The smallest absolute Gasteiger partial charge is 0.341 e. The summed E-state index contributed by atoms with van der Waals surface area (Å²) in [4.78, 5) is 23.6. The number of rotatable bonds is 7. The molecule has 5 rings (SSSR count). The van der Waals surface area contributed by atoms with E-state index < -0.39 is 5.97 Å². The van der Waals surface area contributed by atoms with Gasteiger partial charge in [-0.2, -0.15) is 0 Å². The van der Waals surface area contributed by atoms with Gasteiger partial charge < -0.3 is 14.8 Å². The third kappa shape index (κ3) is 4.36. The Kier molecular flexibility index (Phi) is 5.64. The monoisotopic (exact) mass is 384 g/mol. The molecule has 1 aromatic carbocycles. The van der Waals surface area contributed by atoms with Crippen LogP contribution in [0.15, 0.2) is 30.6 Å². The third-order valence-corrected chi connectivity index (χ3v) is 5.91. The van der Waals surface area contributed by atoms with Gasteiger partial charge in [0.15, 0.2) is 6.61 Å². The summed E-state index contributed by atoms with van der Waals surface area (Å²) in [7, 11) is 0. The van der Waals surface area contributed by atoms with Crippen molar-refractivity contribution in [2.75, 3.05) is 26.2 Å². The maximum absolute atomic E-state index is 10.9. The van der Waals surface area contributed by atoms with Crippen LogP contribution in [-0.2, 0) is 17.9 Å². The summed E-state index contributed by atoms with van der Waals surface area (Å²) < 4.78 is 5.51. The maximum atomic E-state index is 10.9. The van der Waals surface area contributed by atoms with Gasteiger partial charge in [-0.3, -0.25) is 9.80 Å². The molecule has 3 fully saturated rings. The molecule has 2 atom stereocenters. The molecule has 1 aromatic heterocycles. The summed E-state index contributed by atoms with van der Waals surface area (Å²) >= 11 is 0. The number of carboxylic acid groups (broad SMARTS) is 1. The van der Waals surface area contributed by atoms with Crippen molar-refractivity contribution in [2.24, 2.45) is 5.92 Å². The highest BCUT2D eigenvalue weighted by molar-refractivity contribution is 5.68. The molecule has 0 aliphatic carbocycles. The molecule has 28 heavy (non-hydrogen) atoms. The zero-order valence-electron chi connectivity index (χ0n) is 16.3. The highest BCUT2D eigenvalue weighted by Gasteiger charge is 2.35. The maximum Gasteiger partial charge on any atom is 0.341 e. The minimum absolute atomic E-state index is 0.306. The van der Waals surface area contributed by atoms with Gasteiger partial charge in [-0.05, 0) is 31.7 Å². The second-order valence-corrected chi connectivity index (χ2v) is 7.99. The number of benzene rings is 1. The largest absolute Gasteiger partial charge is 0.482 e. The van der Waals surface area contributed by atoms with Gasteiger partial charge in [0.1, 0.15) is 5.75 Å². The number of aryl methyl sites for hydroxylation is 1. The standard InChI is InChI=1S/C21H28N4O3/c1-15-19(23-14-22-15)12-24-8-16-6-7-18(11-24)25(9-16)10-17-4-2-3-5-20(17)28-13-21(26)27/h2-5,14,16,18H,6-13H2,1H3,(H,22,23)(H,26,27)/t16-,18+/m0/s1. The van der Waals surface area contributed by atoms with Crippen LogP contribution < -0.4 is 4.74 Å². The van der Waals surface area contributed by atoms with Gasteiger partial charge in [-0.15, -0.1) is 0 Å². The molecule has 4 heterocycles. The predicted octanol–water partition coefficient (Wildman–Crippen LogP) is 2.28. The minimum atomic E-state index is -0.951. The topological polar surface area (TPSA) is 81.7 Å². The molecule has 2 N–H and O–H groups in total. The lowest BCUT2D eigenvalue weighted by molar-refractivity contribution is -0.139. The van der Waals surface area contributed by atoms with Gasteiger partial charge in [-0.1, -0.05) is 18.2 Å². The molecule has 0 unspecified atom stereocenters. The number of ether oxygens (including phenoxy) is 1. The molecule has 3 saturated heterocycles. The van der Waals surface area contributed by atoms with Gasteiger partial charge in [0.05, 0.1) is 12.0 Å². The first-order valence-corrected chi connectivity index (χ1v) is 9.96. The van der Waals surface area contributed by atoms with Gasteiger partial charge in [0.25, 0.3) is 0 Å². The van der Waals surface area contributed by atoms with Gasteiger partial charge in [-0.25, -0.2) is 9.78 Å². The molecule has 2 bridgehead atoms. The number of hydrogen-bond acceptors (Lipinski definition) is 5. The molecule has 150 valence electrons. The van der Waals surface area contributed by atoms with Gasteiger partial charge in [0.2, 0.25) is 0 Å². The molecule has 0 saturated carbocycles. The number of fused-ring (bicyclic) bond motifs is 4. The number of nitrogens with one attached hydrogen (secondary N) is 1. The lowest BCUT2D eigenvalue weighted by Gasteiger charge is -2.36. The van der Waals surface area contributed by atoms with Crippen molar-refractivity contribution in [3.63, 3.8) is 0 Å². The van der Waals surface area contributed by atoms with Crippen LogP contribution in [0.2, 0.25) is 0 Å². The number of hydrogen-bond donors (Lipinski definition) is 2. The summed E-state index contributed by atoms with van der Waals surface area (Å²) in [6.07, 6.45) is 4.25. The number of carboxylic acids is 1. The Morgan fingerprint density at radius 3 is 2.89 bits per heavy atom. The Morgan fingerprint density at radius 2 is 2.11 bits per heavy atom. The number of para-hydroxylation sites is 1. The molecule has 3 aliphatic rings. The molecule has 2 aromatic rings. The number of aromatic nitrogens is 2. The lowest BCUT2D eigenvalue weighted by Crippen LogP contribution is -2.43. The van der Waals surface area contributed by atoms with Crippen LogP contribution in [0, 0.1) is 12.8 Å². The Bertz CT molecular complexity index is 821. The van der Waals surface area contributed by atoms with E-state index in [4.69, 9.17) is 9.84 Å². The van der Waals surface area contributed by atoms with Crippen molar-refractivity contribution in [1.29, 1.82) is 0 Å². The van der Waals surface area contributed by atoms with E-state index in [-0.39, 0.29) is 6.61 Å². The van der Waals surface area contributed by atoms with Crippen LogP contribution in [0.3, 0.4) is 0 Å². The highest BCUT2D eigenvalue weighted by atomic mass is 16.5. The molecular weight excluding hydrogens is 356 g/mol. The van der Waals surface area contributed by atoms with Crippen molar-refractivity contribution in [3.8, 4) is 5.75 Å². The molecule has 7 nitrogen and oxygen atoms in total. The summed E-state index contributed by atoms with van der Waals surface area (Å²) in [6, 6.07) is 8.29. The van der Waals surface area contributed by atoms with Crippen LogP contribution in [0.5, 0.6) is 5.75 Å². The molecule has 0 spiro atoms. The number of piperidine rings is 1. The normalized spacial score (nSPS) is 22.9. The first kappa shape index (κ1) is 19.0. The van der Waals surface area contributed by atoms with Gasteiger partial charge >= 0.3 is 5.97 Å². The summed E-state index contributed by atoms with van der Waals surface area (Å²) in [5.41, 5.74) is 3.35. The molecule has 3 aliphatic heterocycles. The van der Waals surface area contributed by atoms with E-state index >= 15 is 0 Å². The Hall–Kier alpha value is -2.38. The first-order valence-electron chi connectivity index (χ1n) is 9.96. The molecule has 7 heteroatoms. The van der Waals surface area contributed by atoms with E-state index in [2.05, 4.69) is 26.7 Å². The van der Waals surface area contributed by atoms with Crippen molar-refractivity contribution in [1.82, 2.24) is 19.8 Å². The predicted molar refractivity (Wildman–Crippen MR) is 105 cm³/mol. The van der Waals surface area contributed by atoms with Crippen LogP contribution in [-0.4, -0.2) is 63.1 Å². The molecule has 0 radical (unpaired) electrons. The number of aromatic amines is 1. The van der Waals surface area contributed by atoms with E-state index in [1.165, 1.54) is 12.8 Å². The van der Waals surface area contributed by atoms with Crippen molar-refractivity contribution < 1.29 is 14.6 Å². The Labute approximate surface area is 165 Å². The molecular formula is C21H28N4O3. The van der Waals surface area contributed by atoms with Crippen LogP contribution in [0.4, 0.5) is 0 Å². The van der Waals surface area contributed by atoms with E-state index in [0.29, 0.717) is 17.7 Å². The Balaban J connectivity index is 1.44. The van der Waals surface area contributed by atoms with Crippen molar-refractivity contribution in [2.45, 2.75) is 38.9 Å². The van der Waals surface area contributed by atoms with Gasteiger partial charge in [0, 0.05) is 50.0 Å². The average molecular weight is 384 g/mol. The quantitative estimate of drug-likeness (QED) is 0.762. The Morgan fingerprint density at radius 1 is 1.25 bits per heavy atom. The van der Waals surface area contributed by atoms with E-state index in [9.17, 15) is 4.79 Å². The second kappa shape index (κ2) is 8.32. The zero-order chi connectivity index (χ0) is 19.5. The summed E-state index contributed by atoms with van der Waals surface area (Å²) in [5.74, 6) is 0.382. The van der Waals surface area contributed by atoms with E-state index in [1.54, 1.807) is 6.33 Å². The number of H-pyrrole nitrogens is 1. The number of carbonyl (C=O) groups is 1. The lowest BCUT2D eigenvalue weighted by atomic mass is 9.94. The second-order valence-electron chi connectivity index (χ2n) is 7.99. The summed E-state index contributed by atoms with van der Waals surface area (Å²) in [5, 5.41) is 8.92. The van der Waals surface area contributed by atoms with E-state index in [0.717, 1.165) is 49.7 Å². The summed E-state index contributed by atoms with van der Waals surface area (Å²) in [6.45, 7) is 6.70. The fourth-order valence-electron chi connectivity index (χ4n) is 4.49. The van der Waals surface area contributed by atoms with Crippen molar-refractivity contribution in [3.05, 3.63) is 47.5 Å². The SMILES string of the molecule is Cc1[nH]cnc1CN1C[C@@H]2CC[C@H](C1)N(Cc1ccccc1OCC(=O)O)C2. The highest BCUT2D eigenvalue weighted by Crippen LogP contribution is 2.31. The number of imidazole rings is 1.